The molecule has 1 aromatic carbocycles. The number of benzene rings is 1. The number of hydrogen-bond donors (Lipinski definition) is 2. The summed E-state index contributed by atoms with van der Waals surface area (Å²) in [5.74, 6) is 0. The van der Waals surface area contributed by atoms with Crippen molar-refractivity contribution in [1.29, 1.82) is 0 Å². The molecule has 0 bridgehead atoms. The van der Waals surface area contributed by atoms with Crippen LogP contribution >= 0.6 is 27.3 Å². The number of nitrogens with one attached hydrogen (secondary N) is 1. The van der Waals surface area contributed by atoms with Gasteiger partial charge in [0, 0.05) is 27.6 Å². The van der Waals surface area contributed by atoms with Crippen LogP contribution in [0.3, 0.4) is 0 Å². The van der Waals surface area contributed by atoms with Gasteiger partial charge in [-0.15, -0.1) is 11.3 Å². The van der Waals surface area contributed by atoms with Gasteiger partial charge in [-0.2, -0.15) is 0 Å². The summed E-state index contributed by atoms with van der Waals surface area (Å²) in [4.78, 5) is 1.20. The number of halogens is 1. The van der Waals surface area contributed by atoms with Crippen LogP contribution in [-0.2, 0) is 6.54 Å². The molecule has 3 N–H and O–H groups in total. The van der Waals surface area contributed by atoms with E-state index in [1.807, 2.05) is 17.5 Å². The third-order valence-electron chi connectivity index (χ3n) is 2.72. The van der Waals surface area contributed by atoms with Gasteiger partial charge in [0.1, 0.15) is 0 Å². The summed E-state index contributed by atoms with van der Waals surface area (Å²) in [7, 11) is 0. The van der Waals surface area contributed by atoms with Gasteiger partial charge < -0.3 is 11.1 Å². The van der Waals surface area contributed by atoms with Crippen molar-refractivity contribution in [3.8, 4) is 0 Å². The Morgan fingerprint density at radius 3 is 2.76 bits per heavy atom. The first-order valence-electron chi connectivity index (χ1n) is 5.48. The molecule has 1 aromatic heterocycles. The van der Waals surface area contributed by atoms with Crippen LogP contribution in [0.1, 0.15) is 23.4 Å². The maximum absolute atomic E-state index is 5.86. The zero-order chi connectivity index (χ0) is 12.3. The van der Waals surface area contributed by atoms with Crippen LogP contribution in [0.2, 0.25) is 0 Å². The predicted molar refractivity (Wildman–Crippen MR) is 78.1 cm³/mol. The van der Waals surface area contributed by atoms with Crippen LogP contribution in [0.15, 0.2) is 40.2 Å². The topological polar surface area (TPSA) is 38.0 Å². The fourth-order valence-electron chi connectivity index (χ4n) is 1.68. The van der Waals surface area contributed by atoms with Gasteiger partial charge in [0.05, 0.1) is 0 Å². The first kappa shape index (κ1) is 12.6. The summed E-state index contributed by atoms with van der Waals surface area (Å²) >= 11 is 5.26. The van der Waals surface area contributed by atoms with Crippen LogP contribution in [-0.4, -0.2) is 0 Å². The lowest BCUT2D eigenvalue weighted by Gasteiger charge is -2.15. The first-order valence-corrected chi connectivity index (χ1v) is 7.15. The average Bonchev–Trinajstić information content (AvgIpc) is 2.72. The van der Waals surface area contributed by atoms with Crippen LogP contribution in [0, 0.1) is 0 Å². The van der Waals surface area contributed by atoms with Gasteiger partial charge in [-0.1, -0.05) is 34.1 Å². The number of nitrogens with two attached hydrogens (primary N) is 1. The zero-order valence-corrected chi connectivity index (χ0v) is 12.0. The average molecular weight is 311 g/mol. The Balaban J connectivity index is 2.01. The highest BCUT2D eigenvalue weighted by Crippen LogP contribution is 2.24. The predicted octanol–water partition coefficient (Wildman–Crippen LogP) is 3.94. The summed E-state index contributed by atoms with van der Waals surface area (Å²) in [5.41, 5.74) is 8.00. The Kier molecular flexibility index (Phi) is 4.20. The second-order valence-electron chi connectivity index (χ2n) is 3.92. The van der Waals surface area contributed by atoms with Crippen LogP contribution in [0.5, 0.6) is 0 Å². The quantitative estimate of drug-likeness (QED) is 0.897. The third kappa shape index (κ3) is 3.09. The maximum atomic E-state index is 5.86. The lowest BCUT2D eigenvalue weighted by atomic mass is 10.1. The molecule has 1 heterocycles. The number of thiophene rings is 1. The second-order valence-corrected chi connectivity index (χ2v) is 5.78. The highest BCUT2D eigenvalue weighted by molar-refractivity contribution is 9.10. The fraction of sp³-hybridized carbons (Fsp3) is 0.231. The van der Waals surface area contributed by atoms with Gasteiger partial charge in [0.25, 0.3) is 0 Å². The van der Waals surface area contributed by atoms with E-state index >= 15 is 0 Å². The van der Waals surface area contributed by atoms with E-state index in [2.05, 4.69) is 46.4 Å². The van der Waals surface area contributed by atoms with Crippen molar-refractivity contribution >= 4 is 33.0 Å². The number of rotatable bonds is 4. The Morgan fingerprint density at radius 1 is 1.35 bits per heavy atom. The van der Waals surface area contributed by atoms with Gasteiger partial charge in [-0.05, 0) is 30.0 Å². The van der Waals surface area contributed by atoms with Crippen molar-refractivity contribution in [2.24, 2.45) is 0 Å². The van der Waals surface area contributed by atoms with Gasteiger partial charge in [0.2, 0.25) is 0 Å². The molecule has 90 valence electrons. The molecule has 0 fully saturated rings. The molecule has 0 aliphatic rings. The molecule has 1 atom stereocenters. The largest absolute Gasteiger partial charge is 0.398 e. The third-order valence-corrected chi connectivity index (χ3v) is 4.38. The number of anilines is 1. The van der Waals surface area contributed by atoms with E-state index in [1.165, 1.54) is 10.4 Å². The summed E-state index contributed by atoms with van der Waals surface area (Å²) < 4.78 is 1.14. The molecular formula is C13H15BrN2S. The molecular weight excluding hydrogens is 296 g/mol. The fourth-order valence-corrected chi connectivity index (χ4v) is 3.05. The van der Waals surface area contributed by atoms with E-state index in [1.54, 1.807) is 11.3 Å². The lowest BCUT2D eigenvalue weighted by Crippen LogP contribution is -2.18. The van der Waals surface area contributed by atoms with Crippen LogP contribution < -0.4 is 11.1 Å². The molecule has 0 spiro atoms. The monoisotopic (exact) mass is 310 g/mol. The highest BCUT2D eigenvalue weighted by atomic mass is 79.9. The molecule has 2 nitrogen and oxygen atoms in total. The Labute approximate surface area is 114 Å². The summed E-state index contributed by atoms with van der Waals surface area (Å²) in [6, 6.07) is 10.5. The van der Waals surface area contributed by atoms with E-state index in [0.29, 0.717) is 6.04 Å². The number of hydrogen-bond acceptors (Lipinski definition) is 3. The molecule has 0 amide bonds. The maximum Gasteiger partial charge on any atom is 0.0468 e. The van der Waals surface area contributed by atoms with Crippen molar-refractivity contribution in [2.75, 3.05) is 5.73 Å². The molecule has 0 aliphatic heterocycles. The summed E-state index contributed by atoms with van der Waals surface area (Å²) in [6.45, 7) is 2.97. The van der Waals surface area contributed by atoms with E-state index < -0.39 is 0 Å². The molecule has 0 aliphatic carbocycles. The summed E-state index contributed by atoms with van der Waals surface area (Å²) in [5, 5.41) is 5.51. The molecule has 17 heavy (non-hydrogen) atoms. The van der Waals surface area contributed by atoms with E-state index in [9.17, 15) is 0 Å². The smallest absolute Gasteiger partial charge is 0.0468 e. The molecule has 0 saturated heterocycles. The molecule has 0 radical (unpaired) electrons. The Morgan fingerprint density at radius 2 is 2.12 bits per heavy atom. The van der Waals surface area contributed by atoms with Crippen molar-refractivity contribution in [3.63, 3.8) is 0 Å². The van der Waals surface area contributed by atoms with E-state index in [4.69, 9.17) is 5.73 Å². The summed E-state index contributed by atoms with van der Waals surface area (Å²) in [6.07, 6.45) is 0. The molecule has 2 rings (SSSR count). The van der Waals surface area contributed by atoms with Crippen molar-refractivity contribution in [1.82, 2.24) is 5.32 Å². The van der Waals surface area contributed by atoms with Gasteiger partial charge >= 0.3 is 0 Å². The Hall–Kier alpha value is -0.840. The highest BCUT2D eigenvalue weighted by Gasteiger charge is 2.09. The standard InChI is InChI=1S/C13H15BrN2S/c1-9(10-4-2-3-5-11(10)14)16-8-13-12(15)6-7-17-13/h2-7,9,16H,8,15H2,1H3/t9-/m1/s1. The normalized spacial score (nSPS) is 12.6. The van der Waals surface area contributed by atoms with Crippen LogP contribution in [0.4, 0.5) is 5.69 Å². The first-order chi connectivity index (χ1) is 8.18. The molecule has 0 unspecified atom stereocenters. The Bertz CT molecular complexity index is 496. The van der Waals surface area contributed by atoms with Gasteiger partial charge in [-0.25, -0.2) is 0 Å². The van der Waals surface area contributed by atoms with Crippen LogP contribution in [0.25, 0.3) is 0 Å². The van der Waals surface area contributed by atoms with Crippen molar-refractivity contribution in [3.05, 3.63) is 50.6 Å². The van der Waals surface area contributed by atoms with Gasteiger partial charge in [-0.3, -0.25) is 0 Å². The number of nitrogen functional groups attached to an aromatic ring is 1. The minimum absolute atomic E-state index is 0.298. The lowest BCUT2D eigenvalue weighted by molar-refractivity contribution is 0.577. The molecule has 0 saturated carbocycles. The minimum Gasteiger partial charge on any atom is -0.398 e. The second kappa shape index (κ2) is 5.67. The molecule has 4 heteroatoms. The van der Waals surface area contributed by atoms with E-state index in [-0.39, 0.29) is 0 Å². The SMILES string of the molecule is C[C@@H](NCc1sccc1N)c1ccccc1Br. The zero-order valence-electron chi connectivity index (χ0n) is 9.61. The van der Waals surface area contributed by atoms with E-state index in [0.717, 1.165) is 16.7 Å². The van der Waals surface area contributed by atoms with Crippen molar-refractivity contribution in [2.45, 2.75) is 19.5 Å². The minimum atomic E-state index is 0.298. The van der Waals surface area contributed by atoms with Gasteiger partial charge in [0.15, 0.2) is 0 Å². The molecule has 2 aromatic rings. The van der Waals surface area contributed by atoms with Crippen molar-refractivity contribution < 1.29 is 0 Å².